The number of pyridine rings is 1. The van der Waals surface area contributed by atoms with Crippen molar-refractivity contribution in [2.75, 3.05) is 20.3 Å². The van der Waals surface area contributed by atoms with Crippen molar-refractivity contribution in [3.8, 4) is 5.75 Å². The molecule has 3 rings (SSSR count). The zero-order valence-electron chi connectivity index (χ0n) is 18.5. The third kappa shape index (κ3) is 4.46. The number of hydrogen-bond donors (Lipinski definition) is 1. The van der Waals surface area contributed by atoms with Crippen LogP contribution in [0.15, 0.2) is 42.2 Å². The highest BCUT2D eigenvalue weighted by Crippen LogP contribution is 2.41. The predicted molar refractivity (Wildman–Crippen MR) is 117 cm³/mol. The van der Waals surface area contributed by atoms with Crippen molar-refractivity contribution in [2.24, 2.45) is 0 Å². The smallest absolute Gasteiger partial charge is 0.295 e. The Labute approximate surface area is 182 Å². The van der Waals surface area contributed by atoms with Crippen LogP contribution < -0.4 is 4.74 Å². The number of carbonyl (C=O) groups excluding carboxylic acids is 2. The summed E-state index contributed by atoms with van der Waals surface area (Å²) in [5, 5.41) is 11.3. The molecule has 0 bridgehead atoms. The number of nitrogens with zero attached hydrogens (tertiary/aromatic N) is 2. The van der Waals surface area contributed by atoms with E-state index in [2.05, 4.69) is 4.98 Å². The molecule has 7 heteroatoms. The number of ketones is 1. The Morgan fingerprint density at radius 3 is 2.48 bits per heavy atom. The van der Waals surface area contributed by atoms with Gasteiger partial charge in [-0.05, 0) is 62.6 Å². The van der Waals surface area contributed by atoms with Crippen LogP contribution in [0.2, 0.25) is 0 Å². The third-order valence-corrected chi connectivity index (χ3v) is 5.22. The number of carbonyl (C=O) groups is 2. The van der Waals surface area contributed by atoms with E-state index in [1.54, 1.807) is 30.6 Å². The maximum absolute atomic E-state index is 13.1. The maximum Gasteiger partial charge on any atom is 0.295 e. The van der Waals surface area contributed by atoms with Crippen LogP contribution in [0.5, 0.6) is 5.75 Å². The van der Waals surface area contributed by atoms with Gasteiger partial charge in [0.2, 0.25) is 0 Å². The van der Waals surface area contributed by atoms with E-state index >= 15 is 0 Å². The number of aryl methyl sites for hydroxylation is 2. The largest absolute Gasteiger partial charge is 0.507 e. The highest BCUT2D eigenvalue weighted by Gasteiger charge is 2.46. The van der Waals surface area contributed by atoms with Crippen molar-refractivity contribution < 1.29 is 24.2 Å². The lowest BCUT2D eigenvalue weighted by atomic mass is 9.94. The number of Topliss-reactive ketones (excluding diaryl/α,β-unsaturated/α-hetero) is 1. The molecule has 31 heavy (non-hydrogen) atoms. The summed E-state index contributed by atoms with van der Waals surface area (Å²) in [6.07, 6.45) is 3.19. The van der Waals surface area contributed by atoms with E-state index in [0.717, 1.165) is 11.1 Å². The van der Waals surface area contributed by atoms with Gasteiger partial charge < -0.3 is 19.5 Å². The Morgan fingerprint density at radius 2 is 1.87 bits per heavy atom. The van der Waals surface area contributed by atoms with Crippen molar-refractivity contribution in [3.05, 3.63) is 64.5 Å². The number of amides is 1. The summed E-state index contributed by atoms with van der Waals surface area (Å²) in [5.74, 6) is -1.19. The van der Waals surface area contributed by atoms with Gasteiger partial charge in [0.25, 0.3) is 11.7 Å². The molecule has 1 aromatic heterocycles. The molecule has 7 nitrogen and oxygen atoms in total. The minimum absolute atomic E-state index is 0.00396. The van der Waals surface area contributed by atoms with Gasteiger partial charge >= 0.3 is 0 Å². The Bertz CT molecular complexity index is 1010. The van der Waals surface area contributed by atoms with E-state index in [1.165, 1.54) is 12.0 Å². The molecule has 0 radical (unpaired) electrons. The second-order valence-corrected chi connectivity index (χ2v) is 7.86. The Balaban J connectivity index is 2.17. The fourth-order valence-electron chi connectivity index (χ4n) is 3.94. The molecule has 1 unspecified atom stereocenters. The van der Waals surface area contributed by atoms with Crippen molar-refractivity contribution in [2.45, 2.75) is 39.8 Å². The summed E-state index contributed by atoms with van der Waals surface area (Å²) in [4.78, 5) is 31.5. The van der Waals surface area contributed by atoms with Gasteiger partial charge in [-0.1, -0.05) is 6.07 Å². The average molecular weight is 424 g/mol. The molecule has 2 aromatic rings. The first-order valence-electron chi connectivity index (χ1n) is 10.2. The van der Waals surface area contributed by atoms with Crippen LogP contribution in [0.25, 0.3) is 5.76 Å². The standard InChI is InChI=1S/C24H28N2O5/c1-14(2)31-11-10-26-20(17-6-8-25-9-7-17)19(22(28)24(26)29)21(27)18-13-15(3)12-16(4)23(18)30-5/h6-9,12-14,20,27H,10-11H2,1-5H3/b21-19+. The van der Waals surface area contributed by atoms with Gasteiger partial charge in [0.05, 0.1) is 37.0 Å². The maximum atomic E-state index is 13.1. The number of benzene rings is 1. The predicted octanol–water partition coefficient (Wildman–Crippen LogP) is 3.55. The molecule has 0 spiro atoms. The van der Waals surface area contributed by atoms with Crippen LogP contribution >= 0.6 is 0 Å². The summed E-state index contributed by atoms with van der Waals surface area (Å²) in [6.45, 7) is 8.06. The fourth-order valence-corrected chi connectivity index (χ4v) is 3.94. The van der Waals surface area contributed by atoms with Crippen molar-refractivity contribution >= 4 is 17.4 Å². The normalized spacial score (nSPS) is 18.1. The highest BCUT2D eigenvalue weighted by molar-refractivity contribution is 6.46. The number of aliphatic hydroxyl groups is 1. The van der Waals surface area contributed by atoms with Gasteiger partial charge in [-0.2, -0.15) is 0 Å². The van der Waals surface area contributed by atoms with Crippen LogP contribution in [0.4, 0.5) is 0 Å². The molecule has 0 aliphatic carbocycles. The topological polar surface area (TPSA) is 89.0 Å². The van der Waals surface area contributed by atoms with Crippen LogP contribution in [0.3, 0.4) is 0 Å². The highest BCUT2D eigenvalue weighted by atomic mass is 16.5. The lowest BCUT2D eigenvalue weighted by Crippen LogP contribution is -2.33. The first-order chi connectivity index (χ1) is 14.8. The molecule has 1 aliphatic heterocycles. The van der Waals surface area contributed by atoms with E-state index in [1.807, 2.05) is 33.8 Å². The zero-order valence-corrected chi connectivity index (χ0v) is 18.5. The first-order valence-corrected chi connectivity index (χ1v) is 10.2. The summed E-state index contributed by atoms with van der Waals surface area (Å²) in [7, 11) is 1.51. The summed E-state index contributed by atoms with van der Waals surface area (Å²) < 4.78 is 11.1. The van der Waals surface area contributed by atoms with E-state index < -0.39 is 17.7 Å². The quantitative estimate of drug-likeness (QED) is 0.415. The molecular formula is C24H28N2O5. The summed E-state index contributed by atoms with van der Waals surface area (Å²) >= 11 is 0. The SMILES string of the molecule is COc1c(C)cc(C)cc1/C(O)=C1\C(=O)C(=O)N(CCOC(C)C)C1c1ccncc1. The number of likely N-dealkylation sites (tertiary alicyclic amines) is 1. The lowest BCUT2D eigenvalue weighted by molar-refractivity contribution is -0.140. The number of aromatic nitrogens is 1. The Kier molecular flexibility index (Phi) is 6.75. The number of ether oxygens (including phenoxy) is 2. The zero-order chi connectivity index (χ0) is 22.7. The van der Waals surface area contributed by atoms with Gasteiger partial charge in [0.15, 0.2) is 0 Å². The second kappa shape index (κ2) is 9.31. The molecule has 1 N–H and O–H groups in total. The summed E-state index contributed by atoms with van der Waals surface area (Å²) in [5.41, 5.74) is 2.83. The van der Waals surface area contributed by atoms with Crippen molar-refractivity contribution in [1.29, 1.82) is 0 Å². The van der Waals surface area contributed by atoms with E-state index in [9.17, 15) is 14.7 Å². The molecule has 0 saturated carbocycles. The number of hydrogen-bond acceptors (Lipinski definition) is 6. The van der Waals surface area contributed by atoms with Crippen LogP contribution in [0.1, 0.15) is 42.1 Å². The Hall–Kier alpha value is -3.19. The molecule has 1 atom stereocenters. The molecular weight excluding hydrogens is 396 g/mol. The van der Waals surface area contributed by atoms with E-state index in [0.29, 0.717) is 16.9 Å². The second-order valence-electron chi connectivity index (χ2n) is 7.86. The van der Waals surface area contributed by atoms with Gasteiger partial charge in [-0.3, -0.25) is 14.6 Å². The average Bonchev–Trinajstić information content (AvgIpc) is 2.98. The molecule has 1 amide bonds. The van der Waals surface area contributed by atoms with Gasteiger partial charge in [-0.25, -0.2) is 0 Å². The Morgan fingerprint density at radius 1 is 1.19 bits per heavy atom. The number of methoxy groups -OCH3 is 1. The fraction of sp³-hybridized carbons (Fsp3) is 0.375. The van der Waals surface area contributed by atoms with Crippen molar-refractivity contribution in [3.63, 3.8) is 0 Å². The molecule has 2 heterocycles. The molecule has 1 saturated heterocycles. The minimum atomic E-state index is -0.746. The van der Waals surface area contributed by atoms with E-state index in [-0.39, 0.29) is 30.6 Å². The van der Waals surface area contributed by atoms with Gasteiger partial charge in [0.1, 0.15) is 11.5 Å². The minimum Gasteiger partial charge on any atom is -0.507 e. The summed E-state index contributed by atoms with van der Waals surface area (Å²) in [6, 6.07) is 6.40. The molecule has 1 aliphatic rings. The number of rotatable bonds is 7. The third-order valence-electron chi connectivity index (χ3n) is 5.22. The number of aliphatic hydroxyl groups excluding tert-OH is 1. The van der Waals surface area contributed by atoms with Crippen molar-refractivity contribution in [1.82, 2.24) is 9.88 Å². The molecule has 1 fully saturated rings. The van der Waals surface area contributed by atoms with Crippen LogP contribution in [-0.4, -0.2) is 53.0 Å². The monoisotopic (exact) mass is 424 g/mol. The van der Waals surface area contributed by atoms with Gasteiger partial charge in [-0.15, -0.1) is 0 Å². The molecule has 1 aromatic carbocycles. The van der Waals surface area contributed by atoms with E-state index in [4.69, 9.17) is 9.47 Å². The molecule has 164 valence electrons. The van der Waals surface area contributed by atoms with Crippen LogP contribution in [0, 0.1) is 13.8 Å². The van der Waals surface area contributed by atoms with Crippen LogP contribution in [-0.2, 0) is 14.3 Å². The van der Waals surface area contributed by atoms with Gasteiger partial charge in [0, 0.05) is 18.9 Å². The lowest BCUT2D eigenvalue weighted by Gasteiger charge is -2.25. The first kappa shape index (κ1) is 22.5.